The van der Waals surface area contributed by atoms with Crippen molar-refractivity contribution in [3.05, 3.63) is 58.0 Å². The topological polar surface area (TPSA) is 72.4 Å². The first-order chi connectivity index (χ1) is 12.2. The number of piperidine rings is 1. The number of carbonyl (C=O) groups excluding carboxylic acids is 1. The van der Waals surface area contributed by atoms with Crippen molar-refractivity contribution in [1.82, 2.24) is 9.88 Å². The average molecular weight is 339 g/mol. The molecule has 2 bridgehead atoms. The maximum absolute atomic E-state index is 12.8. The number of anilines is 1. The van der Waals surface area contributed by atoms with Crippen molar-refractivity contribution < 1.29 is 9.53 Å². The van der Waals surface area contributed by atoms with Crippen molar-refractivity contribution in [1.29, 1.82) is 0 Å². The van der Waals surface area contributed by atoms with Gasteiger partial charge in [0.25, 0.3) is 11.5 Å². The second-order valence-corrected chi connectivity index (χ2v) is 6.73. The summed E-state index contributed by atoms with van der Waals surface area (Å²) in [5.41, 5.74) is 1.77. The van der Waals surface area contributed by atoms with Crippen LogP contribution in [-0.4, -0.2) is 30.7 Å². The first kappa shape index (κ1) is 15.9. The molecule has 25 heavy (non-hydrogen) atoms. The summed E-state index contributed by atoms with van der Waals surface area (Å²) < 4.78 is 6.93. The van der Waals surface area contributed by atoms with Crippen molar-refractivity contribution in [2.24, 2.45) is 5.92 Å². The van der Waals surface area contributed by atoms with Crippen molar-refractivity contribution in [2.45, 2.75) is 18.9 Å². The second kappa shape index (κ2) is 6.37. The third kappa shape index (κ3) is 2.93. The van der Waals surface area contributed by atoms with E-state index in [2.05, 4.69) is 10.6 Å². The molecule has 1 aromatic carbocycles. The molecule has 1 aromatic heterocycles. The summed E-state index contributed by atoms with van der Waals surface area (Å²) in [6, 6.07) is 10.5. The average Bonchev–Trinajstić information content (AvgIpc) is 2.65. The largest absolute Gasteiger partial charge is 0.497 e. The molecule has 0 radical (unpaired) electrons. The lowest BCUT2D eigenvalue weighted by atomic mass is 9.84. The summed E-state index contributed by atoms with van der Waals surface area (Å²) >= 11 is 0. The fraction of sp³-hybridized carbons (Fsp3) is 0.368. The molecule has 1 amide bonds. The van der Waals surface area contributed by atoms with Crippen LogP contribution in [0.2, 0.25) is 0 Å². The first-order valence-corrected chi connectivity index (χ1v) is 8.55. The molecule has 0 unspecified atom stereocenters. The molecular formula is C19H21N3O3. The lowest BCUT2D eigenvalue weighted by Crippen LogP contribution is -2.45. The highest BCUT2D eigenvalue weighted by molar-refractivity contribution is 6.04. The Morgan fingerprint density at radius 3 is 2.76 bits per heavy atom. The number of hydrogen-bond acceptors (Lipinski definition) is 4. The molecule has 0 spiro atoms. The number of methoxy groups -OCH3 is 1. The highest BCUT2D eigenvalue weighted by Crippen LogP contribution is 2.32. The molecule has 6 heteroatoms. The number of benzene rings is 1. The van der Waals surface area contributed by atoms with Gasteiger partial charge in [0.05, 0.1) is 7.11 Å². The number of ether oxygens (including phenoxy) is 1. The number of hydrogen-bond donors (Lipinski definition) is 2. The fourth-order valence-electron chi connectivity index (χ4n) is 3.82. The molecule has 6 nitrogen and oxygen atoms in total. The van der Waals surface area contributed by atoms with Crippen molar-refractivity contribution >= 4 is 11.6 Å². The predicted octanol–water partition coefficient (Wildman–Crippen LogP) is 1.82. The molecule has 1 fully saturated rings. The third-order valence-corrected chi connectivity index (χ3v) is 5.11. The standard InChI is InChI=1S/C19H21N3O3/c1-25-15-4-2-13(3-5-15)18(23)21-16-6-7-17-14-8-12(9-20-10-14)11-22(17)19(16)24/h2-7,12,14,20H,8-11H2,1H3,(H,21,23)/t12-,14-/m1/s1. The first-order valence-electron chi connectivity index (χ1n) is 8.55. The Morgan fingerprint density at radius 1 is 1.20 bits per heavy atom. The number of fused-ring (bicyclic) bond motifs is 4. The van der Waals surface area contributed by atoms with Gasteiger partial charge in [0.1, 0.15) is 11.4 Å². The SMILES string of the molecule is COc1ccc(C(=O)Nc2ccc3n(c2=O)C[C@H]2CNC[C@H]3C2)cc1. The summed E-state index contributed by atoms with van der Waals surface area (Å²) in [5, 5.41) is 6.18. The molecular weight excluding hydrogens is 318 g/mol. The molecule has 3 heterocycles. The number of amides is 1. The summed E-state index contributed by atoms with van der Waals surface area (Å²) in [7, 11) is 1.58. The van der Waals surface area contributed by atoms with E-state index in [-0.39, 0.29) is 11.5 Å². The predicted molar refractivity (Wildman–Crippen MR) is 95.4 cm³/mol. The van der Waals surface area contributed by atoms with E-state index in [1.165, 1.54) is 0 Å². The summed E-state index contributed by atoms with van der Waals surface area (Å²) in [4.78, 5) is 25.2. The van der Waals surface area contributed by atoms with Gasteiger partial charge in [-0.15, -0.1) is 0 Å². The maximum Gasteiger partial charge on any atom is 0.274 e. The fourth-order valence-corrected chi connectivity index (χ4v) is 3.82. The Labute approximate surface area is 145 Å². The number of aromatic nitrogens is 1. The number of pyridine rings is 1. The molecule has 1 saturated heterocycles. The van der Waals surface area contributed by atoms with Gasteiger partial charge in [-0.25, -0.2) is 0 Å². The van der Waals surface area contributed by atoms with Gasteiger partial charge in [0, 0.05) is 30.3 Å². The molecule has 0 saturated carbocycles. The minimum atomic E-state index is -0.294. The molecule has 0 aliphatic carbocycles. The van der Waals surface area contributed by atoms with E-state index in [0.29, 0.717) is 35.4 Å². The van der Waals surface area contributed by atoms with Crippen LogP contribution in [0.3, 0.4) is 0 Å². The summed E-state index contributed by atoms with van der Waals surface area (Å²) in [6.07, 6.45) is 1.13. The van der Waals surface area contributed by atoms with Crippen LogP contribution in [0.1, 0.15) is 28.4 Å². The zero-order valence-electron chi connectivity index (χ0n) is 14.1. The third-order valence-electron chi connectivity index (χ3n) is 5.11. The Kier molecular flexibility index (Phi) is 4.05. The lowest BCUT2D eigenvalue weighted by Gasteiger charge is -2.37. The maximum atomic E-state index is 12.8. The van der Waals surface area contributed by atoms with Gasteiger partial charge in [-0.05, 0) is 55.3 Å². The normalized spacial score (nSPS) is 21.3. The number of carbonyl (C=O) groups is 1. The van der Waals surface area contributed by atoms with Gasteiger partial charge in [0.2, 0.25) is 0 Å². The van der Waals surface area contributed by atoms with Gasteiger partial charge in [-0.2, -0.15) is 0 Å². The van der Waals surface area contributed by atoms with E-state index in [9.17, 15) is 9.59 Å². The van der Waals surface area contributed by atoms with Crippen molar-refractivity contribution in [3.8, 4) is 5.75 Å². The van der Waals surface area contributed by atoms with Crippen molar-refractivity contribution in [3.63, 3.8) is 0 Å². The van der Waals surface area contributed by atoms with Crippen LogP contribution < -0.4 is 20.9 Å². The van der Waals surface area contributed by atoms with E-state index in [4.69, 9.17) is 4.74 Å². The van der Waals surface area contributed by atoms with E-state index in [0.717, 1.165) is 25.2 Å². The number of rotatable bonds is 3. The van der Waals surface area contributed by atoms with E-state index >= 15 is 0 Å². The highest BCUT2D eigenvalue weighted by atomic mass is 16.5. The van der Waals surface area contributed by atoms with Gasteiger partial charge in [-0.3, -0.25) is 9.59 Å². The Balaban J connectivity index is 1.60. The zero-order chi connectivity index (χ0) is 17.4. The Morgan fingerprint density at radius 2 is 2.00 bits per heavy atom. The summed E-state index contributed by atoms with van der Waals surface area (Å²) in [5.74, 6) is 1.26. The number of nitrogens with one attached hydrogen (secondary N) is 2. The highest BCUT2D eigenvalue weighted by Gasteiger charge is 2.31. The zero-order valence-corrected chi connectivity index (χ0v) is 14.1. The van der Waals surface area contributed by atoms with E-state index in [1.54, 1.807) is 37.4 Å². The smallest absolute Gasteiger partial charge is 0.274 e. The van der Waals surface area contributed by atoms with Gasteiger partial charge in [0.15, 0.2) is 0 Å². The van der Waals surface area contributed by atoms with Crippen molar-refractivity contribution in [2.75, 3.05) is 25.5 Å². The van der Waals surface area contributed by atoms with Crippen LogP contribution in [0.5, 0.6) is 5.75 Å². The molecule has 2 aliphatic heterocycles. The molecule has 130 valence electrons. The Hall–Kier alpha value is -2.60. The molecule has 2 N–H and O–H groups in total. The van der Waals surface area contributed by atoms with Crippen LogP contribution >= 0.6 is 0 Å². The number of nitrogens with zero attached hydrogens (tertiary/aromatic N) is 1. The quantitative estimate of drug-likeness (QED) is 0.895. The van der Waals surface area contributed by atoms with Gasteiger partial charge >= 0.3 is 0 Å². The Bertz CT molecular complexity index is 857. The second-order valence-electron chi connectivity index (χ2n) is 6.73. The monoisotopic (exact) mass is 339 g/mol. The molecule has 4 rings (SSSR count). The van der Waals surface area contributed by atoms with Crippen LogP contribution in [0.15, 0.2) is 41.2 Å². The minimum absolute atomic E-state index is 0.115. The van der Waals surface area contributed by atoms with Crippen LogP contribution in [0.4, 0.5) is 5.69 Å². The van der Waals surface area contributed by atoms with Crippen LogP contribution in [-0.2, 0) is 6.54 Å². The lowest BCUT2D eigenvalue weighted by molar-refractivity contribution is 0.102. The molecule has 2 aromatic rings. The van der Waals surface area contributed by atoms with Crippen LogP contribution in [0.25, 0.3) is 0 Å². The summed E-state index contributed by atoms with van der Waals surface area (Å²) in [6.45, 7) is 2.57. The van der Waals surface area contributed by atoms with Crippen LogP contribution in [0, 0.1) is 5.92 Å². The van der Waals surface area contributed by atoms with E-state index in [1.807, 2.05) is 10.6 Å². The minimum Gasteiger partial charge on any atom is -0.497 e. The molecule has 2 atom stereocenters. The van der Waals surface area contributed by atoms with Gasteiger partial charge in [-0.1, -0.05) is 0 Å². The van der Waals surface area contributed by atoms with E-state index < -0.39 is 0 Å². The molecule has 2 aliphatic rings. The van der Waals surface area contributed by atoms with Gasteiger partial charge < -0.3 is 19.9 Å².